The molecule has 1 unspecified atom stereocenters. The lowest BCUT2D eigenvalue weighted by molar-refractivity contribution is -0.125. The summed E-state index contributed by atoms with van der Waals surface area (Å²) < 4.78 is 0. The quantitative estimate of drug-likeness (QED) is 0.729. The third-order valence-electron chi connectivity index (χ3n) is 4.76. The summed E-state index contributed by atoms with van der Waals surface area (Å²) in [5.41, 5.74) is 0.268. The maximum Gasteiger partial charge on any atom is 0.234 e. The molecular formula is C21H27NO4. The van der Waals surface area contributed by atoms with Gasteiger partial charge in [0.15, 0.2) is 0 Å². The van der Waals surface area contributed by atoms with Crippen LogP contribution in [0.2, 0.25) is 0 Å². The highest BCUT2D eigenvalue weighted by molar-refractivity contribution is 6.52. The number of carbonyl (C=O) groups is 3. The van der Waals surface area contributed by atoms with Crippen LogP contribution in [-0.2, 0) is 9.59 Å². The lowest BCUT2D eigenvalue weighted by Gasteiger charge is -2.28. The van der Waals surface area contributed by atoms with Crippen molar-refractivity contribution in [2.24, 2.45) is 11.3 Å². The summed E-state index contributed by atoms with van der Waals surface area (Å²) in [5, 5.41) is 13.4. The van der Waals surface area contributed by atoms with Crippen molar-refractivity contribution in [2.45, 2.75) is 47.0 Å². The van der Waals surface area contributed by atoms with Gasteiger partial charge in [-0.1, -0.05) is 58.4 Å². The third-order valence-corrected chi connectivity index (χ3v) is 4.76. The standard InChI is InChI=1S/C21H27NO4/c1-5-8-13(2)20(26)22-12-21(3,4)11-16-17(23)14-9-6-7-10-15(14)18(24)19(16)25/h6-7,9-10,13,23H,5,8,11-12H2,1-4H3,(H,22,26). The number of fused-ring (bicyclic) bond motifs is 1. The summed E-state index contributed by atoms with van der Waals surface area (Å²) in [6, 6.07) is 6.56. The molecular weight excluding hydrogens is 330 g/mol. The first-order valence-electron chi connectivity index (χ1n) is 9.06. The molecule has 140 valence electrons. The lowest BCUT2D eigenvalue weighted by Crippen LogP contribution is -2.38. The first-order chi connectivity index (χ1) is 12.2. The van der Waals surface area contributed by atoms with Gasteiger partial charge in [0, 0.05) is 29.2 Å². The summed E-state index contributed by atoms with van der Waals surface area (Å²) in [6.45, 7) is 8.08. The van der Waals surface area contributed by atoms with E-state index in [1.165, 1.54) is 0 Å². The predicted octanol–water partition coefficient (Wildman–Crippen LogP) is 3.69. The van der Waals surface area contributed by atoms with Gasteiger partial charge in [0.05, 0.1) is 0 Å². The molecule has 0 aromatic heterocycles. The molecule has 1 amide bonds. The molecule has 0 heterocycles. The summed E-state index contributed by atoms with van der Waals surface area (Å²) >= 11 is 0. The zero-order valence-corrected chi connectivity index (χ0v) is 15.9. The second-order valence-electron chi connectivity index (χ2n) is 7.78. The van der Waals surface area contributed by atoms with Crippen LogP contribution in [0.4, 0.5) is 0 Å². The Bertz CT molecular complexity index is 761. The molecule has 2 N–H and O–H groups in total. The zero-order valence-electron chi connectivity index (χ0n) is 15.9. The first kappa shape index (κ1) is 19.9. The average Bonchev–Trinajstić information content (AvgIpc) is 2.61. The monoisotopic (exact) mass is 357 g/mol. The summed E-state index contributed by atoms with van der Waals surface area (Å²) in [4.78, 5) is 36.9. The molecule has 0 aliphatic heterocycles. The molecule has 0 saturated heterocycles. The average molecular weight is 357 g/mol. The minimum Gasteiger partial charge on any atom is -0.507 e. The number of carbonyl (C=O) groups excluding carboxylic acids is 3. The van der Waals surface area contributed by atoms with Crippen LogP contribution in [0.1, 0.15) is 62.9 Å². The number of aliphatic hydroxyl groups is 1. The highest BCUT2D eigenvalue weighted by Gasteiger charge is 2.35. The SMILES string of the molecule is CCCC(C)C(=O)NCC(C)(C)CC1=C(O)c2ccccc2C(=O)C1=O. The summed E-state index contributed by atoms with van der Waals surface area (Å²) in [5.74, 6) is -1.48. The molecule has 1 aromatic carbocycles. The van der Waals surface area contributed by atoms with Crippen molar-refractivity contribution in [3.05, 3.63) is 41.0 Å². The van der Waals surface area contributed by atoms with Crippen molar-refractivity contribution in [2.75, 3.05) is 6.54 Å². The van der Waals surface area contributed by atoms with Gasteiger partial charge in [0.25, 0.3) is 0 Å². The molecule has 0 radical (unpaired) electrons. The molecule has 5 nitrogen and oxygen atoms in total. The smallest absolute Gasteiger partial charge is 0.234 e. The topological polar surface area (TPSA) is 83.5 Å². The molecule has 0 spiro atoms. The number of hydrogen-bond donors (Lipinski definition) is 2. The molecule has 26 heavy (non-hydrogen) atoms. The molecule has 1 atom stereocenters. The van der Waals surface area contributed by atoms with Gasteiger partial charge < -0.3 is 10.4 Å². The van der Waals surface area contributed by atoms with Crippen LogP contribution in [0.3, 0.4) is 0 Å². The number of hydrogen-bond acceptors (Lipinski definition) is 4. The van der Waals surface area contributed by atoms with Crippen molar-refractivity contribution in [3.63, 3.8) is 0 Å². The Morgan fingerprint density at radius 3 is 2.38 bits per heavy atom. The molecule has 2 rings (SSSR count). The van der Waals surface area contributed by atoms with Crippen molar-refractivity contribution >= 4 is 23.2 Å². The number of rotatable bonds is 7. The Hall–Kier alpha value is -2.43. The highest BCUT2D eigenvalue weighted by Crippen LogP contribution is 2.34. The number of amides is 1. The summed E-state index contributed by atoms with van der Waals surface area (Å²) in [7, 11) is 0. The Kier molecular flexibility index (Phi) is 6.01. The fourth-order valence-electron chi connectivity index (χ4n) is 3.19. The maximum atomic E-state index is 12.5. The fourth-order valence-corrected chi connectivity index (χ4v) is 3.19. The van der Waals surface area contributed by atoms with Crippen molar-refractivity contribution in [1.29, 1.82) is 0 Å². The number of Topliss-reactive ketones (excluding diaryl/α,β-unsaturated/α-hetero) is 2. The van der Waals surface area contributed by atoms with Crippen LogP contribution in [0, 0.1) is 11.3 Å². The van der Waals surface area contributed by atoms with Gasteiger partial charge in [-0.2, -0.15) is 0 Å². The normalized spacial score (nSPS) is 15.7. The third kappa shape index (κ3) is 4.21. The van der Waals surface area contributed by atoms with Gasteiger partial charge in [-0.15, -0.1) is 0 Å². The number of benzene rings is 1. The lowest BCUT2D eigenvalue weighted by atomic mass is 9.78. The van der Waals surface area contributed by atoms with E-state index in [9.17, 15) is 19.5 Å². The van der Waals surface area contributed by atoms with E-state index in [2.05, 4.69) is 5.32 Å². The van der Waals surface area contributed by atoms with Gasteiger partial charge in [0.1, 0.15) is 5.76 Å². The molecule has 0 saturated carbocycles. The van der Waals surface area contributed by atoms with Gasteiger partial charge in [-0.3, -0.25) is 14.4 Å². The number of aliphatic hydroxyl groups excluding tert-OH is 1. The van der Waals surface area contributed by atoms with Gasteiger partial charge in [-0.25, -0.2) is 0 Å². The van der Waals surface area contributed by atoms with Gasteiger partial charge >= 0.3 is 0 Å². The number of nitrogens with one attached hydrogen (secondary N) is 1. The van der Waals surface area contributed by atoms with Crippen molar-refractivity contribution in [1.82, 2.24) is 5.32 Å². The van der Waals surface area contributed by atoms with Crippen LogP contribution < -0.4 is 5.32 Å². The predicted molar refractivity (Wildman–Crippen MR) is 101 cm³/mol. The minimum absolute atomic E-state index is 0.0190. The Balaban J connectivity index is 2.17. The van der Waals surface area contributed by atoms with Crippen LogP contribution >= 0.6 is 0 Å². The van der Waals surface area contributed by atoms with E-state index in [1.807, 2.05) is 27.7 Å². The van der Waals surface area contributed by atoms with E-state index in [4.69, 9.17) is 0 Å². The molecule has 1 aliphatic carbocycles. The van der Waals surface area contributed by atoms with Crippen LogP contribution in [0.15, 0.2) is 29.8 Å². The molecule has 0 bridgehead atoms. The molecule has 5 heteroatoms. The molecule has 0 fully saturated rings. The highest BCUT2D eigenvalue weighted by atomic mass is 16.3. The van der Waals surface area contributed by atoms with E-state index in [1.54, 1.807) is 24.3 Å². The second kappa shape index (κ2) is 7.85. The minimum atomic E-state index is -0.667. The maximum absolute atomic E-state index is 12.5. The Labute approximate surface area is 154 Å². The molecule has 1 aromatic rings. The summed E-state index contributed by atoms with van der Waals surface area (Å²) in [6.07, 6.45) is 1.97. The van der Waals surface area contributed by atoms with Crippen LogP contribution in [0.25, 0.3) is 5.76 Å². The fraction of sp³-hybridized carbons (Fsp3) is 0.476. The molecule has 1 aliphatic rings. The van der Waals surface area contributed by atoms with E-state index in [-0.39, 0.29) is 35.1 Å². The van der Waals surface area contributed by atoms with Crippen LogP contribution in [0.5, 0.6) is 0 Å². The van der Waals surface area contributed by atoms with E-state index in [0.717, 1.165) is 12.8 Å². The van der Waals surface area contributed by atoms with Crippen molar-refractivity contribution in [3.8, 4) is 0 Å². The number of allylic oxidation sites excluding steroid dienone is 1. The van der Waals surface area contributed by atoms with E-state index < -0.39 is 17.0 Å². The van der Waals surface area contributed by atoms with Crippen molar-refractivity contribution < 1.29 is 19.5 Å². The Morgan fingerprint density at radius 2 is 1.77 bits per heavy atom. The van der Waals surface area contributed by atoms with Gasteiger partial charge in [-0.05, 0) is 18.3 Å². The zero-order chi connectivity index (χ0) is 19.5. The second-order valence-corrected chi connectivity index (χ2v) is 7.78. The van der Waals surface area contributed by atoms with Gasteiger partial charge in [0.2, 0.25) is 17.5 Å². The number of ketones is 2. The first-order valence-corrected chi connectivity index (χ1v) is 9.06. The largest absolute Gasteiger partial charge is 0.507 e. The Morgan fingerprint density at radius 1 is 1.15 bits per heavy atom. The van der Waals surface area contributed by atoms with E-state index in [0.29, 0.717) is 12.1 Å². The van der Waals surface area contributed by atoms with E-state index >= 15 is 0 Å². The van der Waals surface area contributed by atoms with Crippen LogP contribution in [-0.4, -0.2) is 29.1 Å².